The first-order valence-electron chi connectivity index (χ1n) is 12.5. The molecule has 0 bridgehead atoms. The molecule has 1 amide bonds. The number of hydrogen-bond donors (Lipinski definition) is 2. The summed E-state index contributed by atoms with van der Waals surface area (Å²) in [6.07, 6.45) is 5.59. The molecule has 0 saturated carbocycles. The third-order valence-electron chi connectivity index (χ3n) is 7.15. The fourth-order valence-corrected chi connectivity index (χ4v) is 5.38. The summed E-state index contributed by atoms with van der Waals surface area (Å²) in [5.74, 6) is 1.47. The second-order valence-electron chi connectivity index (χ2n) is 9.41. The number of nitrogens with one attached hydrogen (secondary N) is 2. The van der Waals surface area contributed by atoms with Gasteiger partial charge in [0.2, 0.25) is 0 Å². The SMILES string of the molecule is O=C(Nc1ccc2c(c1)C1C=CCC1C(c1ccccc1OCc1ccccc1)N2)c1ccccc1. The second-order valence-corrected chi connectivity index (χ2v) is 9.41. The summed E-state index contributed by atoms with van der Waals surface area (Å²) < 4.78 is 6.31. The van der Waals surface area contributed by atoms with Gasteiger partial charge in [0.15, 0.2) is 0 Å². The number of rotatable bonds is 6. The highest BCUT2D eigenvalue weighted by Gasteiger charge is 2.39. The number of amides is 1. The van der Waals surface area contributed by atoms with Crippen LogP contribution in [0.25, 0.3) is 0 Å². The standard InChI is InChI=1S/C32H28N2O2/c35-32(23-12-5-2-6-13-23)33-24-18-19-29-28(20-24)25-15-9-16-26(25)31(34-29)27-14-7-8-17-30(27)36-21-22-10-3-1-4-11-22/h1-15,17-20,25-26,31,34H,16,21H2,(H,33,35). The Morgan fingerprint density at radius 1 is 0.861 bits per heavy atom. The second kappa shape index (κ2) is 9.74. The van der Waals surface area contributed by atoms with Gasteiger partial charge in [-0.2, -0.15) is 0 Å². The number of carbonyl (C=O) groups excluding carboxylic acids is 1. The normalized spacial score (nSPS) is 19.6. The minimum Gasteiger partial charge on any atom is -0.489 e. The van der Waals surface area contributed by atoms with Crippen molar-refractivity contribution in [3.63, 3.8) is 0 Å². The zero-order valence-electron chi connectivity index (χ0n) is 19.9. The van der Waals surface area contributed by atoms with Gasteiger partial charge >= 0.3 is 0 Å². The molecule has 36 heavy (non-hydrogen) atoms. The average molecular weight is 473 g/mol. The van der Waals surface area contributed by atoms with Crippen LogP contribution in [0, 0.1) is 5.92 Å². The molecular weight excluding hydrogens is 444 g/mol. The highest BCUT2D eigenvalue weighted by atomic mass is 16.5. The molecule has 0 saturated heterocycles. The van der Waals surface area contributed by atoms with Crippen molar-refractivity contribution in [2.75, 3.05) is 10.6 Å². The van der Waals surface area contributed by atoms with Gasteiger partial charge in [-0.25, -0.2) is 0 Å². The zero-order valence-corrected chi connectivity index (χ0v) is 19.9. The van der Waals surface area contributed by atoms with E-state index in [1.54, 1.807) is 0 Å². The third-order valence-corrected chi connectivity index (χ3v) is 7.15. The van der Waals surface area contributed by atoms with Crippen LogP contribution in [-0.4, -0.2) is 5.91 Å². The predicted molar refractivity (Wildman–Crippen MR) is 144 cm³/mol. The van der Waals surface area contributed by atoms with Crippen molar-refractivity contribution < 1.29 is 9.53 Å². The maximum atomic E-state index is 12.7. The molecule has 178 valence electrons. The van der Waals surface area contributed by atoms with Gasteiger partial charge in [0.1, 0.15) is 12.4 Å². The number of benzene rings is 4. The Kier molecular flexibility index (Phi) is 6.00. The van der Waals surface area contributed by atoms with Crippen molar-refractivity contribution in [3.05, 3.63) is 138 Å². The molecule has 0 radical (unpaired) electrons. The average Bonchev–Trinajstić information content (AvgIpc) is 3.43. The number of para-hydroxylation sites is 1. The van der Waals surface area contributed by atoms with Crippen LogP contribution in [0.15, 0.2) is 115 Å². The van der Waals surface area contributed by atoms with Crippen molar-refractivity contribution in [1.82, 2.24) is 0 Å². The maximum Gasteiger partial charge on any atom is 0.255 e. The minimum absolute atomic E-state index is 0.0970. The van der Waals surface area contributed by atoms with Crippen LogP contribution in [0.4, 0.5) is 11.4 Å². The Labute approximate surface area is 211 Å². The maximum absolute atomic E-state index is 12.7. The predicted octanol–water partition coefficient (Wildman–Crippen LogP) is 7.34. The lowest BCUT2D eigenvalue weighted by molar-refractivity contribution is 0.102. The number of hydrogen-bond acceptors (Lipinski definition) is 3. The van der Waals surface area contributed by atoms with E-state index in [-0.39, 0.29) is 17.9 Å². The minimum atomic E-state index is -0.0970. The molecule has 4 nitrogen and oxygen atoms in total. The number of carbonyl (C=O) groups is 1. The Balaban J connectivity index is 1.26. The van der Waals surface area contributed by atoms with E-state index in [9.17, 15) is 4.79 Å². The highest BCUT2D eigenvalue weighted by molar-refractivity contribution is 6.04. The van der Waals surface area contributed by atoms with Gasteiger partial charge in [-0.15, -0.1) is 0 Å². The third kappa shape index (κ3) is 4.38. The lowest BCUT2D eigenvalue weighted by atomic mass is 9.76. The number of fused-ring (bicyclic) bond motifs is 3. The van der Waals surface area contributed by atoms with E-state index < -0.39 is 0 Å². The quantitative estimate of drug-likeness (QED) is 0.289. The molecule has 1 aliphatic heterocycles. The lowest BCUT2D eigenvalue weighted by Crippen LogP contribution is -2.29. The van der Waals surface area contributed by atoms with Gasteiger partial charge in [0.25, 0.3) is 5.91 Å². The molecular formula is C32H28N2O2. The summed E-state index contributed by atoms with van der Waals surface area (Å²) in [5, 5.41) is 6.86. The van der Waals surface area contributed by atoms with Crippen LogP contribution in [0.1, 0.15) is 45.4 Å². The molecule has 2 N–H and O–H groups in total. The summed E-state index contributed by atoms with van der Waals surface area (Å²) in [6.45, 7) is 0.540. The molecule has 2 aliphatic rings. The smallest absolute Gasteiger partial charge is 0.255 e. The van der Waals surface area contributed by atoms with E-state index >= 15 is 0 Å². The van der Waals surface area contributed by atoms with Crippen molar-refractivity contribution in [2.45, 2.75) is 25.0 Å². The van der Waals surface area contributed by atoms with E-state index in [1.165, 1.54) is 11.1 Å². The molecule has 0 spiro atoms. The van der Waals surface area contributed by atoms with E-state index in [4.69, 9.17) is 4.74 Å². The van der Waals surface area contributed by atoms with E-state index in [2.05, 4.69) is 65.3 Å². The van der Waals surface area contributed by atoms with Crippen molar-refractivity contribution in [1.29, 1.82) is 0 Å². The van der Waals surface area contributed by atoms with Crippen LogP contribution in [-0.2, 0) is 6.61 Å². The summed E-state index contributed by atoms with van der Waals surface area (Å²) in [4.78, 5) is 12.7. The van der Waals surface area contributed by atoms with Crippen LogP contribution < -0.4 is 15.4 Å². The molecule has 1 heterocycles. The molecule has 6 rings (SSSR count). The van der Waals surface area contributed by atoms with E-state index in [0.717, 1.165) is 29.1 Å². The molecule has 1 aliphatic carbocycles. The van der Waals surface area contributed by atoms with Crippen molar-refractivity contribution in [3.8, 4) is 5.75 Å². The summed E-state index contributed by atoms with van der Waals surface area (Å²) in [5.41, 5.74) is 6.12. The number of anilines is 2. The molecule has 0 aromatic heterocycles. The topological polar surface area (TPSA) is 50.4 Å². The molecule has 3 unspecified atom stereocenters. The van der Waals surface area contributed by atoms with Crippen LogP contribution >= 0.6 is 0 Å². The van der Waals surface area contributed by atoms with Gasteiger partial charge in [0, 0.05) is 28.4 Å². The Hall–Kier alpha value is -4.31. The number of allylic oxidation sites excluding steroid dienone is 2. The van der Waals surface area contributed by atoms with E-state index in [0.29, 0.717) is 18.1 Å². The lowest BCUT2D eigenvalue weighted by Gasteiger charge is -2.38. The molecule has 4 aromatic rings. The first-order chi connectivity index (χ1) is 17.8. The van der Waals surface area contributed by atoms with Crippen molar-refractivity contribution >= 4 is 17.3 Å². The molecule has 0 fully saturated rings. The first-order valence-corrected chi connectivity index (χ1v) is 12.5. The largest absolute Gasteiger partial charge is 0.489 e. The molecule has 3 atom stereocenters. The van der Waals surface area contributed by atoms with E-state index in [1.807, 2.05) is 60.7 Å². The van der Waals surface area contributed by atoms with Gasteiger partial charge in [-0.05, 0) is 59.9 Å². The van der Waals surface area contributed by atoms with Gasteiger partial charge in [-0.1, -0.05) is 78.9 Å². The Morgan fingerprint density at radius 2 is 1.61 bits per heavy atom. The summed E-state index contributed by atoms with van der Waals surface area (Å²) in [7, 11) is 0. The van der Waals surface area contributed by atoms with Crippen LogP contribution in [0.3, 0.4) is 0 Å². The Bertz CT molecular complexity index is 1400. The van der Waals surface area contributed by atoms with Gasteiger partial charge < -0.3 is 15.4 Å². The Morgan fingerprint density at radius 3 is 2.44 bits per heavy atom. The number of ether oxygens (including phenoxy) is 1. The summed E-state index contributed by atoms with van der Waals surface area (Å²) in [6, 6.07) is 34.2. The molecule has 4 aromatic carbocycles. The van der Waals surface area contributed by atoms with Gasteiger partial charge in [0.05, 0.1) is 6.04 Å². The fourth-order valence-electron chi connectivity index (χ4n) is 5.38. The zero-order chi connectivity index (χ0) is 24.3. The summed E-state index contributed by atoms with van der Waals surface area (Å²) >= 11 is 0. The highest BCUT2D eigenvalue weighted by Crippen LogP contribution is 2.51. The molecule has 4 heteroatoms. The van der Waals surface area contributed by atoms with Gasteiger partial charge in [-0.3, -0.25) is 4.79 Å². The monoisotopic (exact) mass is 472 g/mol. The fraction of sp³-hybridized carbons (Fsp3) is 0.156. The van der Waals surface area contributed by atoms with Crippen LogP contribution in [0.2, 0.25) is 0 Å². The first kappa shape index (κ1) is 22.2. The van der Waals surface area contributed by atoms with Crippen LogP contribution in [0.5, 0.6) is 5.75 Å². The van der Waals surface area contributed by atoms with Crippen molar-refractivity contribution in [2.24, 2.45) is 5.92 Å².